The van der Waals surface area contributed by atoms with Gasteiger partial charge in [-0.2, -0.15) is 0 Å². The molecule has 114 valence electrons. The maximum atomic E-state index is 11.1. The highest BCUT2D eigenvalue weighted by molar-refractivity contribution is 5.94. The lowest BCUT2D eigenvalue weighted by atomic mass is 10.1. The highest BCUT2D eigenvalue weighted by Crippen LogP contribution is 2.19. The number of ketones is 1. The van der Waals surface area contributed by atoms with Gasteiger partial charge in [0.25, 0.3) is 0 Å². The van der Waals surface area contributed by atoms with Gasteiger partial charge in [-0.15, -0.1) is 0 Å². The van der Waals surface area contributed by atoms with Crippen LogP contribution in [0.1, 0.15) is 32.3 Å². The summed E-state index contributed by atoms with van der Waals surface area (Å²) in [6, 6.07) is 7.96. The first-order chi connectivity index (χ1) is 10.1. The molecule has 0 N–H and O–H groups in total. The lowest BCUT2D eigenvalue weighted by Crippen LogP contribution is -2.08. The molecule has 4 nitrogen and oxygen atoms in total. The summed E-state index contributed by atoms with van der Waals surface area (Å²) in [6.07, 6.45) is 5.39. The molecule has 0 aliphatic rings. The molecule has 0 atom stereocenters. The molecule has 0 heterocycles. The number of ether oxygens (including phenoxy) is 2. The van der Waals surface area contributed by atoms with E-state index in [1.54, 1.807) is 12.2 Å². The van der Waals surface area contributed by atoms with Crippen LogP contribution in [0, 0.1) is 0 Å². The van der Waals surface area contributed by atoms with Crippen molar-refractivity contribution in [1.82, 2.24) is 0 Å². The highest BCUT2D eigenvalue weighted by atomic mass is 16.5. The standard InChI is InChI=1S/C17H22O4/c1-3-8-15-9-4-5-10-16(15)20-11-6-7-12-21-17(19)13-14(2)18/h4-7,9-10H,3,8,11-13H2,1-2H3/b7-6+. The van der Waals surface area contributed by atoms with Gasteiger partial charge in [0.15, 0.2) is 0 Å². The van der Waals surface area contributed by atoms with Crippen LogP contribution >= 0.6 is 0 Å². The molecule has 0 aliphatic carbocycles. The molecule has 0 saturated carbocycles. The van der Waals surface area contributed by atoms with Gasteiger partial charge < -0.3 is 9.47 Å². The van der Waals surface area contributed by atoms with E-state index in [0.717, 1.165) is 18.6 Å². The second-order valence-electron chi connectivity index (χ2n) is 4.70. The summed E-state index contributed by atoms with van der Waals surface area (Å²) in [5.74, 6) is 0.193. The number of esters is 1. The molecule has 1 rings (SSSR count). The lowest BCUT2D eigenvalue weighted by Gasteiger charge is -2.08. The Balaban J connectivity index is 2.29. The Morgan fingerprint density at radius 2 is 1.86 bits per heavy atom. The van der Waals surface area contributed by atoms with E-state index < -0.39 is 5.97 Å². The van der Waals surface area contributed by atoms with Crippen molar-refractivity contribution in [2.75, 3.05) is 13.2 Å². The number of hydrogen-bond donors (Lipinski definition) is 0. The average molecular weight is 290 g/mol. The van der Waals surface area contributed by atoms with Gasteiger partial charge in [-0.1, -0.05) is 31.5 Å². The second kappa shape index (κ2) is 9.75. The average Bonchev–Trinajstić information content (AvgIpc) is 2.44. The molecule has 4 heteroatoms. The number of hydrogen-bond acceptors (Lipinski definition) is 4. The zero-order valence-corrected chi connectivity index (χ0v) is 12.6. The third-order valence-electron chi connectivity index (χ3n) is 2.73. The van der Waals surface area contributed by atoms with Crippen LogP contribution in [0.15, 0.2) is 36.4 Å². The summed E-state index contributed by atoms with van der Waals surface area (Å²) in [5.41, 5.74) is 1.20. The van der Waals surface area contributed by atoms with Gasteiger partial charge in [0.2, 0.25) is 0 Å². The van der Waals surface area contributed by atoms with Crippen LogP contribution in [0.5, 0.6) is 5.75 Å². The van der Waals surface area contributed by atoms with Crippen LogP contribution in [-0.2, 0) is 20.7 Å². The van der Waals surface area contributed by atoms with Crippen molar-refractivity contribution in [2.24, 2.45) is 0 Å². The van der Waals surface area contributed by atoms with Crippen LogP contribution in [0.3, 0.4) is 0 Å². The van der Waals surface area contributed by atoms with E-state index in [-0.39, 0.29) is 18.8 Å². The summed E-state index contributed by atoms with van der Waals surface area (Å²) >= 11 is 0. The third kappa shape index (κ3) is 7.30. The Bertz CT molecular complexity index is 491. The summed E-state index contributed by atoms with van der Waals surface area (Å²) in [4.78, 5) is 21.8. The SMILES string of the molecule is CCCc1ccccc1OC/C=C/COC(=O)CC(C)=O. The normalized spacial score (nSPS) is 10.6. The monoisotopic (exact) mass is 290 g/mol. The first kappa shape index (κ1) is 17.0. The molecule has 0 aliphatic heterocycles. The molecule has 0 fully saturated rings. The lowest BCUT2D eigenvalue weighted by molar-refractivity contribution is -0.144. The predicted molar refractivity (Wildman–Crippen MR) is 81.3 cm³/mol. The topological polar surface area (TPSA) is 52.6 Å². The first-order valence-corrected chi connectivity index (χ1v) is 7.14. The molecule has 21 heavy (non-hydrogen) atoms. The quantitative estimate of drug-likeness (QED) is 0.398. The van der Waals surface area contributed by atoms with Crippen LogP contribution < -0.4 is 4.74 Å². The number of benzene rings is 1. The van der Waals surface area contributed by atoms with Gasteiger partial charge in [-0.05, 0) is 37.1 Å². The second-order valence-corrected chi connectivity index (χ2v) is 4.70. The van der Waals surface area contributed by atoms with Crippen molar-refractivity contribution >= 4 is 11.8 Å². The fraction of sp³-hybridized carbons (Fsp3) is 0.412. The van der Waals surface area contributed by atoms with E-state index in [1.807, 2.05) is 18.2 Å². The minimum atomic E-state index is -0.499. The van der Waals surface area contributed by atoms with Crippen LogP contribution in [0.4, 0.5) is 0 Å². The molecule has 1 aromatic carbocycles. The van der Waals surface area contributed by atoms with E-state index in [0.29, 0.717) is 6.61 Å². The molecule has 0 amide bonds. The van der Waals surface area contributed by atoms with Gasteiger partial charge in [-0.3, -0.25) is 9.59 Å². The predicted octanol–water partition coefficient (Wildman–Crippen LogP) is 3.10. The van der Waals surface area contributed by atoms with Crippen molar-refractivity contribution in [1.29, 1.82) is 0 Å². The Morgan fingerprint density at radius 3 is 2.57 bits per heavy atom. The Morgan fingerprint density at radius 1 is 1.14 bits per heavy atom. The third-order valence-corrected chi connectivity index (χ3v) is 2.73. The van der Waals surface area contributed by atoms with Gasteiger partial charge >= 0.3 is 5.97 Å². The molecule has 0 bridgehead atoms. The minimum Gasteiger partial charge on any atom is -0.489 e. The number of aryl methyl sites for hydroxylation is 1. The van der Waals surface area contributed by atoms with E-state index in [1.165, 1.54) is 12.5 Å². The zero-order valence-electron chi connectivity index (χ0n) is 12.6. The van der Waals surface area contributed by atoms with Crippen LogP contribution in [-0.4, -0.2) is 25.0 Å². The molecule has 0 saturated heterocycles. The van der Waals surface area contributed by atoms with Crippen LogP contribution in [0.2, 0.25) is 0 Å². The number of carbonyl (C=O) groups excluding carboxylic acids is 2. The van der Waals surface area contributed by atoms with E-state index in [9.17, 15) is 9.59 Å². The Labute approximate surface area is 125 Å². The Kier molecular flexibility index (Phi) is 7.87. The maximum absolute atomic E-state index is 11.1. The van der Waals surface area contributed by atoms with Crippen molar-refractivity contribution < 1.29 is 19.1 Å². The van der Waals surface area contributed by atoms with Gasteiger partial charge in [0.1, 0.15) is 31.2 Å². The number of para-hydroxylation sites is 1. The fourth-order valence-electron chi connectivity index (χ4n) is 1.79. The van der Waals surface area contributed by atoms with Gasteiger partial charge in [-0.25, -0.2) is 0 Å². The first-order valence-electron chi connectivity index (χ1n) is 7.14. The van der Waals surface area contributed by atoms with Crippen LogP contribution in [0.25, 0.3) is 0 Å². The summed E-state index contributed by atoms with van der Waals surface area (Å²) < 4.78 is 10.5. The largest absolute Gasteiger partial charge is 0.489 e. The zero-order chi connectivity index (χ0) is 15.5. The minimum absolute atomic E-state index is 0.159. The van der Waals surface area contributed by atoms with Crippen molar-refractivity contribution in [3.8, 4) is 5.75 Å². The maximum Gasteiger partial charge on any atom is 0.313 e. The van der Waals surface area contributed by atoms with Crippen molar-refractivity contribution in [3.05, 3.63) is 42.0 Å². The van der Waals surface area contributed by atoms with E-state index >= 15 is 0 Å². The smallest absolute Gasteiger partial charge is 0.313 e. The summed E-state index contributed by atoms with van der Waals surface area (Å²) in [7, 11) is 0. The van der Waals surface area contributed by atoms with E-state index in [2.05, 4.69) is 13.0 Å². The number of Topliss-reactive ketones (excluding diaryl/α,β-unsaturated/α-hetero) is 1. The van der Waals surface area contributed by atoms with Crippen molar-refractivity contribution in [3.63, 3.8) is 0 Å². The van der Waals surface area contributed by atoms with Crippen molar-refractivity contribution in [2.45, 2.75) is 33.1 Å². The van der Waals surface area contributed by atoms with Gasteiger partial charge in [0.05, 0.1) is 0 Å². The number of carbonyl (C=O) groups is 2. The van der Waals surface area contributed by atoms with Gasteiger partial charge in [0, 0.05) is 0 Å². The highest BCUT2D eigenvalue weighted by Gasteiger charge is 2.04. The molecule has 1 aromatic rings. The molecule has 0 unspecified atom stereocenters. The number of rotatable bonds is 9. The Hall–Kier alpha value is -2.10. The molecular formula is C17H22O4. The molecule has 0 aromatic heterocycles. The summed E-state index contributed by atoms with van der Waals surface area (Å²) in [5, 5.41) is 0. The molecule has 0 radical (unpaired) electrons. The fourth-order valence-corrected chi connectivity index (χ4v) is 1.79. The van der Waals surface area contributed by atoms with E-state index in [4.69, 9.17) is 9.47 Å². The molecule has 0 spiro atoms. The summed E-state index contributed by atoms with van der Waals surface area (Å²) in [6.45, 7) is 4.07. The molecular weight excluding hydrogens is 268 g/mol.